The lowest BCUT2D eigenvalue weighted by atomic mass is 9.95. The summed E-state index contributed by atoms with van der Waals surface area (Å²) in [5, 5.41) is 3.92. The van der Waals surface area contributed by atoms with E-state index in [0.29, 0.717) is 29.7 Å². The molecule has 0 aromatic heterocycles. The number of nitrogens with zero attached hydrogens (tertiary/aromatic N) is 1. The molecular weight excluding hydrogens is 332 g/mol. The minimum atomic E-state index is 0.362. The van der Waals surface area contributed by atoms with Gasteiger partial charge in [-0.3, -0.25) is 4.79 Å². The summed E-state index contributed by atoms with van der Waals surface area (Å²) in [6.07, 6.45) is 12.6. The third-order valence-electron chi connectivity index (χ3n) is 7.42. The van der Waals surface area contributed by atoms with Crippen molar-refractivity contribution < 1.29 is 4.79 Å². The molecule has 1 aromatic carbocycles. The highest BCUT2D eigenvalue weighted by molar-refractivity contribution is 5.96. The first-order valence-corrected chi connectivity index (χ1v) is 11.4. The van der Waals surface area contributed by atoms with Gasteiger partial charge in [0.15, 0.2) is 5.78 Å². The molecule has 3 saturated carbocycles. The van der Waals surface area contributed by atoms with Gasteiger partial charge in [-0.25, -0.2) is 0 Å². The van der Waals surface area contributed by atoms with E-state index >= 15 is 0 Å². The van der Waals surface area contributed by atoms with Crippen LogP contribution in [0.1, 0.15) is 86.0 Å². The molecule has 0 spiro atoms. The molecule has 4 fully saturated rings. The molecule has 1 heterocycles. The van der Waals surface area contributed by atoms with Crippen molar-refractivity contribution in [2.45, 2.75) is 88.3 Å². The summed E-state index contributed by atoms with van der Waals surface area (Å²) in [5.74, 6) is 1.62. The van der Waals surface area contributed by atoms with Crippen LogP contribution >= 0.6 is 0 Å². The van der Waals surface area contributed by atoms with Crippen LogP contribution in [-0.4, -0.2) is 41.9 Å². The standard InChI is InChI=1S/C24H34N2O/c27-24(14-17-4-1-2-5-17)19-7-3-6-18(15-19)22-16-23(22)25-20-10-12-26(13-11-20)21-8-9-21/h3,6-7,15,17,20-23,25H,1-2,4-5,8-14,16H2. The Morgan fingerprint density at radius 1 is 1.04 bits per heavy atom. The monoisotopic (exact) mass is 366 g/mol. The molecule has 0 radical (unpaired) electrons. The first-order valence-electron chi connectivity index (χ1n) is 11.4. The van der Waals surface area contributed by atoms with Gasteiger partial charge in [-0.1, -0.05) is 43.9 Å². The molecule has 0 bridgehead atoms. The SMILES string of the molecule is O=C(CC1CCCC1)c1cccc(C2CC2NC2CCN(C3CC3)CC2)c1. The Morgan fingerprint density at radius 3 is 2.56 bits per heavy atom. The van der Waals surface area contributed by atoms with Gasteiger partial charge in [-0.15, -0.1) is 0 Å². The predicted molar refractivity (Wildman–Crippen MR) is 109 cm³/mol. The average molecular weight is 367 g/mol. The van der Waals surface area contributed by atoms with Crippen molar-refractivity contribution in [3.8, 4) is 0 Å². The maximum atomic E-state index is 12.7. The van der Waals surface area contributed by atoms with Crippen LogP contribution < -0.4 is 5.32 Å². The van der Waals surface area contributed by atoms with Crippen molar-refractivity contribution in [3.63, 3.8) is 0 Å². The van der Waals surface area contributed by atoms with E-state index < -0.39 is 0 Å². The molecule has 1 N–H and O–H groups in total. The molecule has 2 unspecified atom stereocenters. The number of Topliss-reactive ketones (excluding diaryl/α,β-unsaturated/α-hetero) is 1. The Labute approximate surface area is 163 Å². The zero-order valence-corrected chi connectivity index (χ0v) is 16.5. The fraction of sp³-hybridized carbons (Fsp3) is 0.708. The predicted octanol–water partition coefficient (Wildman–Crippen LogP) is 4.52. The average Bonchev–Trinajstić information content (AvgIpc) is 3.62. The fourth-order valence-corrected chi connectivity index (χ4v) is 5.46. The topological polar surface area (TPSA) is 32.3 Å². The smallest absolute Gasteiger partial charge is 0.163 e. The Kier molecular flexibility index (Phi) is 5.08. The number of hydrogen-bond donors (Lipinski definition) is 1. The lowest BCUT2D eigenvalue weighted by molar-refractivity contribution is 0.0962. The summed E-state index contributed by atoms with van der Waals surface area (Å²) in [6.45, 7) is 2.57. The van der Waals surface area contributed by atoms with Crippen molar-refractivity contribution in [1.82, 2.24) is 10.2 Å². The molecule has 2 atom stereocenters. The molecule has 1 aromatic rings. The lowest BCUT2D eigenvalue weighted by Crippen LogP contribution is -2.44. The van der Waals surface area contributed by atoms with Gasteiger partial charge in [0.2, 0.25) is 0 Å². The van der Waals surface area contributed by atoms with Crippen molar-refractivity contribution in [1.29, 1.82) is 0 Å². The van der Waals surface area contributed by atoms with E-state index in [1.54, 1.807) is 0 Å². The maximum Gasteiger partial charge on any atom is 0.163 e. The Hall–Kier alpha value is -1.19. The number of rotatable bonds is 7. The minimum Gasteiger partial charge on any atom is -0.311 e. The second kappa shape index (κ2) is 7.67. The summed E-state index contributed by atoms with van der Waals surface area (Å²) in [6, 6.07) is 10.8. The highest BCUT2D eigenvalue weighted by atomic mass is 16.1. The van der Waals surface area contributed by atoms with Crippen LogP contribution in [0.2, 0.25) is 0 Å². The van der Waals surface area contributed by atoms with E-state index in [4.69, 9.17) is 0 Å². The highest BCUT2D eigenvalue weighted by Gasteiger charge is 2.40. The first-order chi connectivity index (χ1) is 13.3. The number of likely N-dealkylation sites (tertiary alicyclic amines) is 1. The second-order valence-corrected chi connectivity index (χ2v) is 9.56. The Bertz CT molecular complexity index is 669. The van der Waals surface area contributed by atoms with Crippen molar-refractivity contribution >= 4 is 5.78 Å². The maximum absolute atomic E-state index is 12.7. The van der Waals surface area contributed by atoms with Gasteiger partial charge < -0.3 is 10.2 Å². The van der Waals surface area contributed by atoms with E-state index in [2.05, 4.69) is 28.4 Å². The van der Waals surface area contributed by atoms with Gasteiger partial charge in [-0.05, 0) is 62.7 Å². The van der Waals surface area contributed by atoms with E-state index in [-0.39, 0.29) is 0 Å². The fourth-order valence-electron chi connectivity index (χ4n) is 5.46. The Balaban J connectivity index is 1.13. The highest BCUT2D eigenvalue weighted by Crippen LogP contribution is 2.42. The number of carbonyl (C=O) groups excluding carboxylic acids is 1. The van der Waals surface area contributed by atoms with Crippen LogP contribution in [0.4, 0.5) is 0 Å². The van der Waals surface area contributed by atoms with Crippen LogP contribution in [-0.2, 0) is 0 Å². The normalized spacial score (nSPS) is 29.9. The number of piperidine rings is 1. The summed E-state index contributed by atoms with van der Waals surface area (Å²) in [4.78, 5) is 15.4. The third kappa shape index (κ3) is 4.30. The van der Waals surface area contributed by atoms with E-state index in [1.807, 2.05) is 6.07 Å². The number of hydrogen-bond acceptors (Lipinski definition) is 3. The zero-order valence-electron chi connectivity index (χ0n) is 16.5. The van der Waals surface area contributed by atoms with Gasteiger partial charge in [0, 0.05) is 36.0 Å². The van der Waals surface area contributed by atoms with Gasteiger partial charge in [0.05, 0.1) is 0 Å². The lowest BCUT2D eigenvalue weighted by Gasteiger charge is -2.32. The van der Waals surface area contributed by atoms with Gasteiger partial charge >= 0.3 is 0 Å². The van der Waals surface area contributed by atoms with Crippen molar-refractivity contribution in [2.24, 2.45) is 5.92 Å². The number of benzene rings is 1. The molecule has 1 saturated heterocycles. The van der Waals surface area contributed by atoms with Gasteiger partial charge in [-0.2, -0.15) is 0 Å². The quantitative estimate of drug-likeness (QED) is 0.720. The summed E-state index contributed by atoms with van der Waals surface area (Å²) >= 11 is 0. The van der Waals surface area contributed by atoms with Gasteiger partial charge in [0.25, 0.3) is 0 Å². The minimum absolute atomic E-state index is 0.362. The van der Waals surface area contributed by atoms with Crippen LogP contribution in [0.5, 0.6) is 0 Å². The van der Waals surface area contributed by atoms with Crippen molar-refractivity contribution in [3.05, 3.63) is 35.4 Å². The summed E-state index contributed by atoms with van der Waals surface area (Å²) < 4.78 is 0. The van der Waals surface area contributed by atoms with E-state index in [0.717, 1.165) is 18.0 Å². The molecule has 1 aliphatic heterocycles. The molecule has 3 heteroatoms. The largest absolute Gasteiger partial charge is 0.311 e. The number of carbonyl (C=O) groups is 1. The zero-order chi connectivity index (χ0) is 18.2. The first kappa shape index (κ1) is 17.9. The number of ketones is 1. The molecule has 3 nitrogen and oxygen atoms in total. The summed E-state index contributed by atoms with van der Waals surface area (Å²) in [5.41, 5.74) is 2.32. The Morgan fingerprint density at radius 2 is 1.81 bits per heavy atom. The molecule has 146 valence electrons. The molecule has 4 aliphatic rings. The van der Waals surface area contributed by atoms with Gasteiger partial charge in [0.1, 0.15) is 0 Å². The van der Waals surface area contributed by atoms with Crippen LogP contribution in [0.25, 0.3) is 0 Å². The molecule has 0 amide bonds. The van der Waals surface area contributed by atoms with E-state index in [1.165, 1.54) is 76.4 Å². The van der Waals surface area contributed by atoms with E-state index in [9.17, 15) is 4.79 Å². The van der Waals surface area contributed by atoms with Crippen molar-refractivity contribution in [2.75, 3.05) is 13.1 Å². The van der Waals surface area contributed by atoms with Crippen LogP contribution in [0.3, 0.4) is 0 Å². The number of nitrogens with one attached hydrogen (secondary N) is 1. The molecular formula is C24H34N2O. The second-order valence-electron chi connectivity index (χ2n) is 9.56. The van der Waals surface area contributed by atoms with Crippen LogP contribution in [0, 0.1) is 5.92 Å². The third-order valence-corrected chi connectivity index (χ3v) is 7.42. The van der Waals surface area contributed by atoms with Crippen LogP contribution in [0.15, 0.2) is 24.3 Å². The summed E-state index contributed by atoms with van der Waals surface area (Å²) in [7, 11) is 0. The molecule has 5 rings (SSSR count). The molecule has 3 aliphatic carbocycles. The molecule has 27 heavy (non-hydrogen) atoms.